The van der Waals surface area contributed by atoms with Crippen LogP contribution in [-0.2, 0) is 9.53 Å². The highest BCUT2D eigenvalue weighted by molar-refractivity contribution is 5.55. The van der Waals surface area contributed by atoms with Crippen LogP contribution < -0.4 is 4.90 Å². The van der Waals surface area contributed by atoms with E-state index >= 15 is 0 Å². The minimum Gasteiger partial charge on any atom is -0.369 e. The van der Waals surface area contributed by atoms with Crippen molar-refractivity contribution in [1.82, 2.24) is 4.90 Å². The summed E-state index contributed by atoms with van der Waals surface area (Å²) in [4.78, 5) is 15.4. The number of carbonyl (C=O) groups is 1. The molecule has 1 aliphatic rings. The van der Waals surface area contributed by atoms with Crippen molar-refractivity contribution in [3.05, 3.63) is 30.3 Å². The molecule has 4 heteroatoms. The van der Waals surface area contributed by atoms with Gasteiger partial charge in [0.1, 0.15) is 0 Å². The average molecular weight is 248 g/mol. The molecule has 0 aliphatic carbocycles. The van der Waals surface area contributed by atoms with E-state index in [0.29, 0.717) is 6.61 Å². The third-order valence-corrected chi connectivity index (χ3v) is 3.25. The zero-order valence-electron chi connectivity index (χ0n) is 10.8. The smallest absolute Gasteiger partial charge is 0.167 e. The maximum Gasteiger partial charge on any atom is 0.167 e. The molecule has 4 nitrogen and oxygen atoms in total. The molecule has 1 aromatic rings. The van der Waals surface area contributed by atoms with Crippen LogP contribution >= 0.6 is 0 Å². The first-order valence-electron chi connectivity index (χ1n) is 6.46. The number of aldehydes is 1. The SMILES string of the molecule is CCOC(C=O)N1CCN(c2ccccc2)CC1. The molecule has 1 aromatic carbocycles. The zero-order valence-corrected chi connectivity index (χ0v) is 10.8. The predicted molar refractivity (Wildman–Crippen MR) is 71.7 cm³/mol. The van der Waals surface area contributed by atoms with Crippen molar-refractivity contribution in [2.75, 3.05) is 37.7 Å². The number of para-hydroxylation sites is 1. The van der Waals surface area contributed by atoms with E-state index in [2.05, 4.69) is 34.1 Å². The van der Waals surface area contributed by atoms with Gasteiger partial charge in [-0.1, -0.05) is 18.2 Å². The lowest BCUT2D eigenvalue weighted by atomic mass is 10.2. The number of hydrogen-bond acceptors (Lipinski definition) is 4. The van der Waals surface area contributed by atoms with Crippen LogP contribution in [0.25, 0.3) is 0 Å². The van der Waals surface area contributed by atoms with E-state index in [1.165, 1.54) is 5.69 Å². The summed E-state index contributed by atoms with van der Waals surface area (Å²) in [5.74, 6) is 0. The molecule has 98 valence electrons. The first-order valence-corrected chi connectivity index (χ1v) is 6.46. The molecule has 0 aromatic heterocycles. The van der Waals surface area contributed by atoms with Crippen molar-refractivity contribution in [3.8, 4) is 0 Å². The summed E-state index contributed by atoms with van der Waals surface area (Å²) in [6, 6.07) is 10.4. The Kier molecular flexibility index (Phi) is 4.73. The molecule has 1 saturated heterocycles. The molecule has 0 radical (unpaired) electrons. The Balaban J connectivity index is 1.90. The maximum atomic E-state index is 11.0. The molecule has 1 aliphatic heterocycles. The van der Waals surface area contributed by atoms with Crippen LogP contribution in [0.15, 0.2) is 30.3 Å². The summed E-state index contributed by atoms with van der Waals surface area (Å²) in [6.07, 6.45) is 0.509. The number of nitrogens with zero attached hydrogens (tertiary/aromatic N) is 2. The zero-order chi connectivity index (χ0) is 12.8. The molecular formula is C14H20N2O2. The lowest BCUT2D eigenvalue weighted by Gasteiger charge is -2.38. The number of carbonyl (C=O) groups excluding carboxylic acids is 1. The van der Waals surface area contributed by atoms with Crippen molar-refractivity contribution >= 4 is 12.0 Å². The van der Waals surface area contributed by atoms with E-state index in [-0.39, 0.29) is 6.23 Å². The van der Waals surface area contributed by atoms with Gasteiger partial charge in [0.2, 0.25) is 0 Å². The van der Waals surface area contributed by atoms with Gasteiger partial charge in [0.15, 0.2) is 12.5 Å². The lowest BCUT2D eigenvalue weighted by molar-refractivity contribution is -0.131. The van der Waals surface area contributed by atoms with Crippen molar-refractivity contribution in [2.45, 2.75) is 13.2 Å². The highest BCUT2D eigenvalue weighted by Crippen LogP contribution is 2.16. The highest BCUT2D eigenvalue weighted by Gasteiger charge is 2.23. The first kappa shape index (κ1) is 13.1. The van der Waals surface area contributed by atoms with Crippen LogP contribution in [0.1, 0.15) is 6.92 Å². The van der Waals surface area contributed by atoms with Crippen LogP contribution in [0.3, 0.4) is 0 Å². The molecule has 0 saturated carbocycles. The van der Waals surface area contributed by atoms with Gasteiger partial charge in [-0.15, -0.1) is 0 Å². The van der Waals surface area contributed by atoms with E-state index in [4.69, 9.17) is 4.74 Å². The van der Waals surface area contributed by atoms with Gasteiger partial charge in [-0.05, 0) is 19.1 Å². The molecule has 0 amide bonds. The molecule has 1 fully saturated rings. The topological polar surface area (TPSA) is 32.8 Å². The fourth-order valence-electron chi connectivity index (χ4n) is 2.27. The quantitative estimate of drug-likeness (QED) is 0.737. The number of anilines is 1. The average Bonchev–Trinajstić information content (AvgIpc) is 2.46. The van der Waals surface area contributed by atoms with Gasteiger partial charge in [-0.25, -0.2) is 0 Å². The first-order chi connectivity index (χ1) is 8.85. The van der Waals surface area contributed by atoms with E-state index in [1.807, 2.05) is 13.0 Å². The summed E-state index contributed by atoms with van der Waals surface area (Å²) in [5.41, 5.74) is 1.25. The van der Waals surface area contributed by atoms with E-state index in [0.717, 1.165) is 32.5 Å². The van der Waals surface area contributed by atoms with Crippen molar-refractivity contribution in [1.29, 1.82) is 0 Å². The lowest BCUT2D eigenvalue weighted by Crippen LogP contribution is -2.51. The van der Waals surface area contributed by atoms with Crippen LogP contribution in [0, 0.1) is 0 Å². The van der Waals surface area contributed by atoms with Crippen molar-refractivity contribution in [3.63, 3.8) is 0 Å². The van der Waals surface area contributed by atoms with Gasteiger partial charge >= 0.3 is 0 Å². The van der Waals surface area contributed by atoms with Gasteiger partial charge in [-0.3, -0.25) is 9.69 Å². The number of ether oxygens (including phenoxy) is 1. The Morgan fingerprint density at radius 3 is 2.44 bits per heavy atom. The fourth-order valence-corrected chi connectivity index (χ4v) is 2.27. The van der Waals surface area contributed by atoms with Gasteiger partial charge in [0, 0.05) is 38.5 Å². The summed E-state index contributed by atoms with van der Waals surface area (Å²) in [7, 11) is 0. The second-order valence-electron chi connectivity index (χ2n) is 4.34. The predicted octanol–water partition coefficient (Wildman–Crippen LogP) is 1.37. The number of piperazine rings is 1. The molecule has 0 bridgehead atoms. The largest absolute Gasteiger partial charge is 0.369 e. The molecular weight excluding hydrogens is 228 g/mol. The molecule has 0 N–H and O–H groups in total. The van der Waals surface area contributed by atoms with Crippen LogP contribution in [0.2, 0.25) is 0 Å². The Labute approximate surface area is 108 Å². The van der Waals surface area contributed by atoms with Crippen molar-refractivity contribution < 1.29 is 9.53 Å². The standard InChI is InChI=1S/C14H20N2O2/c1-2-18-14(12-17)16-10-8-15(9-11-16)13-6-4-3-5-7-13/h3-7,12,14H,2,8-11H2,1H3. The highest BCUT2D eigenvalue weighted by atomic mass is 16.5. The number of rotatable bonds is 5. The Morgan fingerprint density at radius 2 is 1.89 bits per heavy atom. The van der Waals surface area contributed by atoms with E-state index in [9.17, 15) is 4.79 Å². The van der Waals surface area contributed by atoms with Gasteiger partial charge in [-0.2, -0.15) is 0 Å². The van der Waals surface area contributed by atoms with Gasteiger partial charge in [0.25, 0.3) is 0 Å². The van der Waals surface area contributed by atoms with Crippen LogP contribution in [-0.4, -0.2) is 50.2 Å². The number of benzene rings is 1. The van der Waals surface area contributed by atoms with Crippen LogP contribution in [0.4, 0.5) is 5.69 Å². The second-order valence-corrected chi connectivity index (χ2v) is 4.34. The second kappa shape index (κ2) is 6.52. The third kappa shape index (κ3) is 3.09. The normalized spacial score (nSPS) is 18.6. The number of hydrogen-bond donors (Lipinski definition) is 0. The van der Waals surface area contributed by atoms with Crippen LogP contribution in [0.5, 0.6) is 0 Å². The summed E-state index contributed by atoms with van der Waals surface area (Å²) >= 11 is 0. The Bertz CT molecular complexity index is 361. The van der Waals surface area contributed by atoms with E-state index in [1.54, 1.807) is 0 Å². The Hall–Kier alpha value is -1.39. The summed E-state index contributed by atoms with van der Waals surface area (Å²) in [6.45, 7) is 6.07. The third-order valence-electron chi connectivity index (χ3n) is 3.25. The molecule has 2 rings (SSSR count). The van der Waals surface area contributed by atoms with Gasteiger partial charge in [0.05, 0.1) is 0 Å². The fraction of sp³-hybridized carbons (Fsp3) is 0.500. The molecule has 1 atom stereocenters. The summed E-state index contributed by atoms with van der Waals surface area (Å²) < 4.78 is 5.41. The minimum absolute atomic E-state index is 0.382. The Morgan fingerprint density at radius 1 is 1.22 bits per heavy atom. The van der Waals surface area contributed by atoms with Crippen molar-refractivity contribution in [2.24, 2.45) is 0 Å². The maximum absolute atomic E-state index is 11.0. The molecule has 18 heavy (non-hydrogen) atoms. The molecule has 1 heterocycles. The van der Waals surface area contributed by atoms with Gasteiger partial charge < -0.3 is 9.64 Å². The molecule has 1 unspecified atom stereocenters. The van der Waals surface area contributed by atoms with E-state index < -0.39 is 0 Å². The summed E-state index contributed by atoms with van der Waals surface area (Å²) in [5, 5.41) is 0. The molecule has 0 spiro atoms. The minimum atomic E-state index is -0.382. The monoisotopic (exact) mass is 248 g/mol.